The van der Waals surface area contributed by atoms with E-state index in [-0.39, 0.29) is 0 Å². The first-order valence-corrected chi connectivity index (χ1v) is 7.12. The number of hydrogen-bond acceptors (Lipinski definition) is 2. The fourth-order valence-electron chi connectivity index (χ4n) is 2.01. The average molecular weight is 279 g/mol. The molecule has 90 valence electrons. The summed E-state index contributed by atoms with van der Waals surface area (Å²) >= 11 is 3.62. The van der Waals surface area contributed by atoms with Gasteiger partial charge >= 0.3 is 0 Å². The van der Waals surface area contributed by atoms with Gasteiger partial charge in [-0.15, -0.1) is 0 Å². The SMILES string of the molecule is CCCCOCCC1(CBr)CCOC1C. The first kappa shape index (κ1) is 13.5. The van der Waals surface area contributed by atoms with Crippen molar-refractivity contribution in [3.05, 3.63) is 0 Å². The van der Waals surface area contributed by atoms with Crippen LogP contribution in [0.25, 0.3) is 0 Å². The van der Waals surface area contributed by atoms with Gasteiger partial charge in [0.2, 0.25) is 0 Å². The maximum Gasteiger partial charge on any atom is 0.0612 e. The summed E-state index contributed by atoms with van der Waals surface area (Å²) in [5.41, 5.74) is 0.312. The van der Waals surface area contributed by atoms with E-state index < -0.39 is 0 Å². The third kappa shape index (κ3) is 3.72. The predicted molar refractivity (Wildman–Crippen MR) is 66.6 cm³/mol. The molecular weight excluding hydrogens is 256 g/mol. The van der Waals surface area contributed by atoms with Crippen molar-refractivity contribution in [2.75, 3.05) is 25.2 Å². The Hall–Kier alpha value is 0.400. The lowest BCUT2D eigenvalue weighted by molar-refractivity contribution is 0.0443. The van der Waals surface area contributed by atoms with Crippen molar-refractivity contribution in [3.8, 4) is 0 Å². The molecule has 0 bridgehead atoms. The molecule has 2 unspecified atom stereocenters. The third-order valence-corrected chi connectivity index (χ3v) is 4.60. The molecule has 0 radical (unpaired) electrons. The Balaban J connectivity index is 2.22. The summed E-state index contributed by atoms with van der Waals surface area (Å²) < 4.78 is 11.3. The summed E-state index contributed by atoms with van der Waals surface area (Å²) in [5.74, 6) is 0. The van der Waals surface area contributed by atoms with Gasteiger partial charge in [0.05, 0.1) is 6.10 Å². The van der Waals surface area contributed by atoms with E-state index >= 15 is 0 Å². The minimum Gasteiger partial charge on any atom is -0.381 e. The molecule has 0 aromatic rings. The highest BCUT2D eigenvalue weighted by atomic mass is 79.9. The first-order valence-electron chi connectivity index (χ1n) is 6.00. The summed E-state index contributed by atoms with van der Waals surface area (Å²) in [6.07, 6.45) is 5.03. The quantitative estimate of drug-likeness (QED) is 0.525. The number of alkyl halides is 1. The molecule has 0 aliphatic carbocycles. The lowest BCUT2D eigenvalue weighted by Crippen LogP contribution is -2.32. The highest BCUT2D eigenvalue weighted by Gasteiger charge is 2.40. The van der Waals surface area contributed by atoms with E-state index in [0.717, 1.165) is 38.0 Å². The number of ether oxygens (including phenoxy) is 2. The standard InChI is InChI=1S/C12H23BrO2/c1-3-4-7-14-8-5-12(10-13)6-9-15-11(12)2/h11H,3-10H2,1-2H3. The molecule has 0 spiro atoms. The molecule has 2 atom stereocenters. The van der Waals surface area contributed by atoms with Crippen molar-refractivity contribution in [2.24, 2.45) is 5.41 Å². The summed E-state index contributed by atoms with van der Waals surface area (Å²) in [7, 11) is 0. The average Bonchev–Trinajstić information content (AvgIpc) is 2.61. The zero-order valence-electron chi connectivity index (χ0n) is 9.93. The third-order valence-electron chi connectivity index (χ3n) is 3.48. The molecular formula is C12H23BrO2. The van der Waals surface area contributed by atoms with Crippen LogP contribution in [0, 0.1) is 5.41 Å². The lowest BCUT2D eigenvalue weighted by Gasteiger charge is -2.29. The molecule has 0 aromatic heterocycles. The maximum absolute atomic E-state index is 5.65. The van der Waals surface area contributed by atoms with Crippen LogP contribution in [0.2, 0.25) is 0 Å². The summed E-state index contributed by atoms with van der Waals surface area (Å²) in [6, 6.07) is 0. The molecule has 0 amide bonds. The summed E-state index contributed by atoms with van der Waals surface area (Å²) in [4.78, 5) is 0. The van der Waals surface area contributed by atoms with Gasteiger partial charge in [-0.3, -0.25) is 0 Å². The maximum atomic E-state index is 5.65. The largest absolute Gasteiger partial charge is 0.381 e. The second-order valence-corrected chi connectivity index (χ2v) is 5.04. The van der Waals surface area contributed by atoms with E-state index in [1.54, 1.807) is 0 Å². The Bertz CT molecular complexity index is 175. The normalized spacial score (nSPS) is 31.0. The Morgan fingerprint density at radius 3 is 2.80 bits per heavy atom. The molecule has 1 heterocycles. The fourth-order valence-corrected chi connectivity index (χ4v) is 3.03. The van der Waals surface area contributed by atoms with Gasteiger partial charge in [0, 0.05) is 30.6 Å². The molecule has 1 rings (SSSR count). The van der Waals surface area contributed by atoms with Crippen LogP contribution >= 0.6 is 15.9 Å². The number of halogens is 1. The number of rotatable bonds is 7. The molecule has 0 N–H and O–H groups in total. The molecule has 0 saturated carbocycles. The molecule has 0 aromatic carbocycles. The van der Waals surface area contributed by atoms with Crippen molar-refractivity contribution < 1.29 is 9.47 Å². The van der Waals surface area contributed by atoms with Gasteiger partial charge in [-0.1, -0.05) is 29.3 Å². The van der Waals surface area contributed by atoms with Crippen LogP contribution in [0.5, 0.6) is 0 Å². The van der Waals surface area contributed by atoms with Gasteiger partial charge in [-0.25, -0.2) is 0 Å². The monoisotopic (exact) mass is 278 g/mol. The highest BCUT2D eigenvalue weighted by molar-refractivity contribution is 9.09. The van der Waals surface area contributed by atoms with Crippen molar-refractivity contribution in [1.29, 1.82) is 0 Å². The van der Waals surface area contributed by atoms with E-state index in [9.17, 15) is 0 Å². The van der Waals surface area contributed by atoms with Gasteiger partial charge in [0.25, 0.3) is 0 Å². The van der Waals surface area contributed by atoms with Gasteiger partial charge < -0.3 is 9.47 Å². The zero-order valence-corrected chi connectivity index (χ0v) is 11.5. The Labute approximate surface area is 102 Å². The lowest BCUT2D eigenvalue weighted by atomic mass is 9.81. The van der Waals surface area contributed by atoms with Gasteiger partial charge in [-0.05, 0) is 26.2 Å². The first-order chi connectivity index (χ1) is 7.25. The van der Waals surface area contributed by atoms with Crippen LogP contribution < -0.4 is 0 Å². The van der Waals surface area contributed by atoms with Crippen molar-refractivity contribution in [3.63, 3.8) is 0 Å². The topological polar surface area (TPSA) is 18.5 Å². The van der Waals surface area contributed by atoms with Gasteiger partial charge in [-0.2, -0.15) is 0 Å². The number of unbranched alkanes of at least 4 members (excludes halogenated alkanes) is 1. The smallest absolute Gasteiger partial charge is 0.0612 e. The Kier molecular flexibility index (Phi) is 6.17. The van der Waals surface area contributed by atoms with E-state index in [2.05, 4.69) is 29.8 Å². The second-order valence-electron chi connectivity index (χ2n) is 4.47. The van der Waals surface area contributed by atoms with E-state index in [1.807, 2.05) is 0 Å². The Morgan fingerprint density at radius 2 is 2.27 bits per heavy atom. The second kappa shape index (κ2) is 6.87. The van der Waals surface area contributed by atoms with Crippen molar-refractivity contribution >= 4 is 15.9 Å². The zero-order chi connectivity index (χ0) is 11.1. The van der Waals surface area contributed by atoms with E-state index in [0.29, 0.717) is 11.5 Å². The molecule has 2 nitrogen and oxygen atoms in total. The van der Waals surface area contributed by atoms with Crippen molar-refractivity contribution in [2.45, 2.75) is 45.6 Å². The van der Waals surface area contributed by atoms with E-state index in [1.165, 1.54) is 12.8 Å². The number of hydrogen-bond donors (Lipinski definition) is 0. The molecule has 3 heteroatoms. The minimum absolute atomic E-state index is 0.312. The van der Waals surface area contributed by atoms with Crippen LogP contribution in [0.15, 0.2) is 0 Å². The van der Waals surface area contributed by atoms with Gasteiger partial charge in [0.1, 0.15) is 0 Å². The molecule has 1 aliphatic rings. The van der Waals surface area contributed by atoms with Gasteiger partial charge in [0.15, 0.2) is 0 Å². The van der Waals surface area contributed by atoms with Crippen molar-refractivity contribution in [1.82, 2.24) is 0 Å². The summed E-state index contributed by atoms with van der Waals surface area (Å²) in [6.45, 7) is 7.06. The minimum atomic E-state index is 0.312. The summed E-state index contributed by atoms with van der Waals surface area (Å²) in [5, 5.41) is 1.03. The molecule has 1 aliphatic heterocycles. The van der Waals surface area contributed by atoms with Crippen LogP contribution in [0.3, 0.4) is 0 Å². The molecule has 1 saturated heterocycles. The predicted octanol–water partition coefficient (Wildman–Crippen LogP) is 3.38. The van der Waals surface area contributed by atoms with Crippen LogP contribution in [-0.4, -0.2) is 31.3 Å². The molecule has 1 fully saturated rings. The van der Waals surface area contributed by atoms with Crippen LogP contribution in [0.4, 0.5) is 0 Å². The van der Waals surface area contributed by atoms with Crippen LogP contribution in [0.1, 0.15) is 39.5 Å². The van der Waals surface area contributed by atoms with E-state index in [4.69, 9.17) is 9.47 Å². The van der Waals surface area contributed by atoms with Crippen LogP contribution in [-0.2, 0) is 9.47 Å². The highest BCUT2D eigenvalue weighted by Crippen LogP contribution is 2.39. The Morgan fingerprint density at radius 1 is 1.47 bits per heavy atom. The fraction of sp³-hybridized carbons (Fsp3) is 1.00. The molecule has 15 heavy (non-hydrogen) atoms.